The molecule has 3 aromatic rings. The Bertz CT molecular complexity index is 788. The summed E-state index contributed by atoms with van der Waals surface area (Å²) in [5.41, 5.74) is 0.770. The maximum Gasteiger partial charge on any atom is 0.165 e. The van der Waals surface area contributed by atoms with Crippen LogP contribution in [-0.2, 0) is 7.05 Å². The summed E-state index contributed by atoms with van der Waals surface area (Å²) >= 11 is 0. The molecular formula is C15H16FN5O. The van der Waals surface area contributed by atoms with Gasteiger partial charge in [0, 0.05) is 14.1 Å². The minimum Gasteiger partial charge on any atom is -0.489 e. The summed E-state index contributed by atoms with van der Waals surface area (Å²) in [6.07, 6.45) is 3.24. The van der Waals surface area contributed by atoms with E-state index in [4.69, 9.17) is 4.74 Å². The fourth-order valence-electron chi connectivity index (χ4n) is 2.21. The van der Waals surface area contributed by atoms with E-state index in [2.05, 4.69) is 15.1 Å². The Morgan fingerprint density at radius 2 is 2.09 bits per heavy atom. The van der Waals surface area contributed by atoms with Gasteiger partial charge in [-0.3, -0.25) is 4.68 Å². The predicted molar refractivity (Wildman–Crippen MR) is 81.5 cm³/mol. The van der Waals surface area contributed by atoms with Crippen LogP contribution < -0.4 is 9.64 Å². The minimum atomic E-state index is -0.359. The van der Waals surface area contributed by atoms with E-state index in [0.29, 0.717) is 13.2 Å². The molecule has 22 heavy (non-hydrogen) atoms. The largest absolute Gasteiger partial charge is 0.489 e. The van der Waals surface area contributed by atoms with Crippen molar-refractivity contribution in [3.8, 4) is 5.75 Å². The van der Waals surface area contributed by atoms with Crippen molar-refractivity contribution >= 4 is 16.9 Å². The quantitative estimate of drug-likeness (QED) is 0.721. The Hall–Kier alpha value is -2.70. The first kappa shape index (κ1) is 14.2. The average molecular weight is 301 g/mol. The van der Waals surface area contributed by atoms with Crippen LogP contribution in [0.3, 0.4) is 0 Å². The lowest BCUT2D eigenvalue weighted by Gasteiger charge is -2.18. The second-order valence-corrected chi connectivity index (χ2v) is 4.90. The number of fused-ring (bicyclic) bond motifs is 1. The van der Waals surface area contributed by atoms with E-state index in [9.17, 15) is 4.39 Å². The Morgan fingerprint density at radius 1 is 1.27 bits per heavy atom. The number of hydrogen-bond donors (Lipinski definition) is 0. The summed E-state index contributed by atoms with van der Waals surface area (Å²) in [5, 5.41) is 5.06. The molecule has 6 nitrogen and oxygen atoms in total. The molecule has 0 N–H and O–H groups in total. The van der Waals surface area contributed by atoms with Crippen LogP contribution >= 0.6 is 0 Å². The molecule has 0 aliphatic rings. The van der Waals surface area contributed by atoms with Crippen molar-refractivity contribution in [1.82, 2.24) is 19.7 Å². The van der Waals surface area contributed by atoms with Gasteiger partial charge in [0.25, 0.3) is 0 Å². The molecule has 0 aliphatic carbocycles. The first-order valence-corrected chi connectivity index (χ1v) is 6.88. The van der Waals surface area contributed by atoms with Gasteiger partial charge in [-0.25, -0.2) is 14.4 Å². The molecular weight excluding hydrogens is 285 g/mol. The molecule has 0 amide bonds. The van der Waals surface area contributed by atoms with E-state index in [1.165, 1.54) is 12.4 Å². The molecule has 0 saturated carbocycles. The number of hydrogen-bond acceptors (Lipinski definition) is 5. The Balaban J connectivity index is 1.69. The molecule has 2 heterocycles. The molecule has 0 aliphatic heterocycles. The van der Waals surface area contributed by atoms with Crippen LogP contribution in [0.4, 0.5) is 10.2 Å². The molecule has 0 unspecified atom stereocenters. The van der Waals surface area contributed by atoms with Crippen LogP contribution in [0.2, 0.25) is 0 Å². The van der Waals surface area contributed by atoms with Gasteiger partial charge in [0.1, 0.15) is 18.8 Å². The first-order valence-electron chi connectivity index (χ1n) is 6.88. The molecule has 0 saturated heterocycles. The zero-order valence-corrected chi connectivity index (χ0v) is 12.4. The van der Waals surface area contributed by atoms with Crippen molar-refractivity contribution in [2.24, 2.45) is 7.05 Å². The van der Waals surface area contributed by atoms with Crippen LogP contribution in [0.25, 0.3) is 11.0 Å². The lowest BCUT2D eigenvalue weighted by atomic mass is 10.3. The van der Waals surface area contributed by atoms with Crippen molar-refractivity contribution < 1.29 is 9.13 Å². The van der Waals surface area contributed by atoms with Gasteiger partial charge in [-0.2, -0.15) is 5.10 Å². The molecule has 0 bridgehead atoms. The lowest BCUT2D eigenvalue weighted by Crippen LogP contribution is -2.25. The normalized spacial score (nSPS) is 10.9. The van der Waals surface area contributed by atoms with E-state index in [-0.39, 0.29) is 11.6 Å². The first-order chi connectivity index (χ1) is 10.7. The van der Waals surface area contributed by atoms with E-state index >= 15 is 0 Å². The molecule has 114 valence electrons. The number of ether oxygens (including phenoxy) is 1. The Labute approximate surface area is 127 Å². The third-order valence-electron chi connectivity index (χ3n) is 3.39. The summed E-state index contributed by atoms with van der Waals surface area (Å²) < 4.78 is 20.6. The van der Waals surface area contributed by atoms with Crippen molar-refractivity contribution in [2.75, 3.05) is 25.1 Å². The minimum absolute atomic E-state index is 0.255. The zero-order chi connectivity index (χ0) is 15.5. The average Bonchev–Trinajstić information content (AvgIpc) is 2.91. The number of nitrogens with zero attached hydrogens (tertiary/aromatic N) is 5. The second-order valence-electron chi connectivity index (χ2n) is 4.90. The van der Waals surface area contributed by atoms with E-state index < -0.39 is 0 Å². The highest BCUT2D eigenvalue weighted by Crippen LogP contribution is 2.21. The fourth-order valence-corrected chi connectivity index (χ4v) is 2.21. The number of benzene rings is 1. The van der Waals surface area contributed by atoms with Crippen LogP contribution in [-0.4, -0.2) is 39.9 Å². The predicted octanol–water partition coefficient (Wildman–Crippen LogP) is 2.02. The standard InChI is InChI=1S/C15H16FN5O/c1-20(7-8-22-13-6-4-3-5-12(13)16)14-11-9-19-21(2)15(11)18-10-17-14/h3-6,9-10H,7-8H2,1-2H3. The van der Waals surface area contributed by atoms with E-state index in [0.717, 1.165) is 16.9 Å². The fraction of sp³-hybridized carbons (Fsp3) is 0.267. The van der Waals surface area contributed by atoms with Gasteiger partial charge in [0.2, 0.25) is 0 Å². The summed E-state index contributed by atoms with van der Waals surface area (Å²) in [5.74, 6) is 0.669. The van der Waals surface area contributed by atoms with Gasteiger partial charge < -0.3 is 9.64 Å². The SMILES string of the molecule is CN(CCOc1ccccc1F)c1ncnc2c1cnn2C. The highest BCUT2D eigenvalue weighted by Gasteiger charge is 2.12. The van der Waals surface area contributed by atoms with Crippen LogP contribution in [0, 0.1) is 5.82 Å². The van der Waals surface area contributed by atoms with Gasteiger partial charge in [-0.05, 0) is 12.1 Å². The Morgan fingerprint density at radius 3 is 2.91 bits per heavy atom. The van der Waals surface area contributed by atoms with Crippen LogP contribution in [0.5, 0.6) is 5.75 Å². The van der Waals surface area contributed by atoms with E-state index in [1.807, 2.05) is 19.0 Å². The number of anilines is 1. The third kappa shape index (κ3) is 2.69. The molecule has 0 radical (unpaired) electrons. The zero-order valence-electron chi connectivity index (χ0n) is 12.4. The molecule has 0 atom stereocenters. The highest BCUT2D eigenvalue weighted by molar-refractivity contribution is 5.86. The van der Waals surface area contributed by atoms with Crippen LogP contribution in [0.15, 0.2) is 36.8 Å². The number of aromatic nitrogens is 4. The second kappa shape index (κ2) is 5.97. The summed E-state index contributed by atoms with van der Waals surface area (Å²) in [7, 11) is 3.74. The molecule has 0 spiro atoms. The molecule has 7 heteroatoms. The van der Waals surface area contributed by atoms with Gasteiger partial charge in [-0.15, -0.1) is 0 Å². The number of halogens is 1. The van der Waals surface area contributed by atoms with Crippen molar-refractivity contribution in [2.45, 2.75) is 0 Å². The van der Waals surface area contributed by atoms with Crippen molar-refractivity contribution in [1.29, 1.82) is 0 Å². The molecule has 2 aromatic heterocycles. The third-order valence-corrected chi connectivity index (χ3v) is 3.39. The smallest absolute Gasteiger partial charge is 0.165 e. The molecule has 3 rings (SSSR count). The summed E-state index contributed by atoms with van der Waals surface area (Å²) in [4.78, 5) is 10.4. The Kier molecular flexibility index (Phi) is 3.86. The number of aryl methyl sites for hydroxylation is 1. The van der Waals surface area contributed by atoms with Gasteiger partial charge in [0.15, 0.2) is 17.2 Å². The summed E-state index contributed by atoms with van der Waals surface area (Å²) in [6.45, 7) is 0.915. The van der Waals surface area contributed by atoms with Crippen molar-refractivity contribution in [3.05, 3.63) is 42.6 Å². The number of rotatable bonds is 5. The topological polar surface area (TPSA) is 56.1 Å². The van der Waals surface area contributed by atoms with Gasteiger partial charge >= 0.3 is 0 Å². The van der Waals surface area contributed by atoms with Gasteiger partial charge in [-0.1, -0.05) is 12.1 Å². The molecule has 0 fully saturated rings. The number of likely N-dealkylation sites (N-methyl/N-ethyl adjacent to an activating group) is 1. The van der Waals surface area contributed by atoms with Crippen molar-refractivity contribution in [3.63, 3.8) is 0 Å². The maximum absolute atomic E-state index is 13.5. The molecule has 1 aromatic carbocycles. The lowest BCUT2D eigenvalue weighted by molar-refractivity contribution is 0.309. The maximum atomic E-state index is 13.5. The summed E-state index contributed by atoms with van der Waals surface area (Å²) in [6, 6.07) is 6.36. The monoisotopic (exact) mass is 301 g/mol. The number of para-hydroxylation sites is 1. The van der Waals surface area contributed by atoms with Crippen LogP contribution in [0.1, 0.15) is 0 Å². The van der Waals surface area contributed by atoms with E-state index in [1.54, 1.807) is 29.1 Å². The highest BCUT2D eigenvalue weighted by atomic mass is 19.1. The van der Waals surface area contributed by atoms with Gasteiger partial charge in [0.05, 0.1) is 18.1 Å².